The first kappa shape index (κ1) is 9.47. The zero-order valence-electron chi connectivity index (χ0n) is 6.53. The van der Waals surface area contributed by atoms with Crippen molar-refractivity contribution in [1.82, 2.24) is 0 Å². The second kappa shape index (κ2) is 4.42. The zero-order chi connectivity index (χ0) is 8.97. The van der Waals surface area contributed by atoms with Gasteiger partial charge in [0.15, 0.2) is 0 Å². The van der Waals surface area contributed by atoms with Gasteiger partial charge in [0.1, 0.15) is 0 Å². The van der Waals surface area contributed by atoms with Crippen molar-refractivity contribution in [2.75, 3.05) is 0 Å². The van der Waals surface area contributed by atoms with E-state index in [1.807, 2.05) is 6.07 Å². The zero-order valence-corrected chi connectivity index (χ0v) is 8.69. The Morgan fingerprint density at radius 3 is 2.50 bits per heavy atom. The average Bonchev–Trinajstić information content (AvgIpc) is 2.05. The average molecular weight is 280 g/mol. The van der Waals surface area contributed by atoms with Gasteiger partial charge in [0.2, 0.25) is 0 Å². The van der Waals surface area contributed by atoms with Crippen LogP contribution in [0.25, 0.3) is 0 Å². The molecule has 0 bridgehead atoms. The number of hydrogen-bond acceptors (Lipinski definition) is 3. The SMILES string of the molecule is CC(=O)OI(O)c1ccccc1. The second-order valence-electron chi connectivity index (χ2n) is 2.09. The standard InChI is InChI=1S/C8H9IO3/c1-7(10)12-9(11)8-5-3-2-4-6-8/h2-6,11H,1H3. The van der Waals surface area contributed by atoms with Crippen molar-refractivity contribution in [3.8, 4) is 0 Å². The summed E-state index contributed by atoms with van der Waals surface area (Å²) in [5, 5.41) is 0. The molecule has 0 radical (unpaired) electrons. The third-order valence-corrected chi connectivity index (χ3v) is 3.92. The Labute approximate surface area is 78.8 Å². The van der Waals surface area contributed by atoms with Gasteiger partial charge in [0.05, 0.1) is 0 Å². The van der Waals surface area contributed by atoms with E-state index in [0.29, 0.717) is 0 Å². The summed E-state index contributed by atoms with van der Waals surface area (Å²) < 4.78 is 14.8. The van der Waals surface area contributed by atoms with E-state index in [0.717, 1.165) is 3.57 Å². The Kier molecular flexibility index (Phi) is 3.48. The monoisotopic (exact) mass is 280 g/mol. The van der Waals surface area contributed by atoms with Crippen LogP contribution in [0.1, 0.15) is 6.92 Å². The Bertz CT molecular complexity index is 260. The van der Waals surface area contributed by atoms with Gasteiger partial charge in [0, 0.05) is 0 Å². The summed E-state index contributed by atoms with van der Waals surface area (Å²) in [6, 6.07) is 8.97. The van der Waals surface area contributed by atoms with Gasteiger partial charge < -0.3 is 0 Å². The molecule has 1 aromatic carbocycles. The third kappa shape index (κ3) is 2.78. The fraction of sp³-hybridized carbons (Fsp3) is 0.125. The molecule has 0 aliphatic rings. The van der Waals surface area contributed by atoms with Crippen LogP contribution in [-0.4, -0.2) is 9.41 Å². The van der Waals surface area contributed by atoms with Crippen molar-refractivity contribution in [2.24, 2.45) is 0 Å². The first-order chi connectivity index (χ1) is 5.70. The number of halogens is 1. The van der Waals surface area contributed by atoms with Crippen LogP contribution in [0.3, 0.4) is 0 Å². The maximum absolute atomic E-state index is 10.5. The van der Waals surface area contributed by atoms with E-state index >= 15 is 0 Å². The second-order valence-corrected chi connectivity index (χ2v) is 5.10. The predicted octanol–water partition coefficient (Wildman–Crippen LogP) is 1.75. The quantitative estimate of drug-likeness (QED) is 0.839. The third-order valence-electron chi connectivity index (χ3n) is 1.10. The van der Waals surface area contributed by atoms with Gasteiger partial charge in [-0.05, 0) is 0 Å². The van der Waals surface area contributed by atoms with Gasteiger partial charge in [-0.25, -0.2) is 0 Å². The van der Waals surface area contributed by atoms with Crippen LogP contribution >= 0.6 is 20.6 Å². The minimum absolute atomic E-state index is 0.424. The van der Waals surface area contributed by atoms with Crippen molar-refractivity contribution in [1.29, 1.82) is 0 Å². The molecule has 3 nitrogen and oxygen atoms in total. The molecule has 0 amide bonds. The molecule has 66 valence electrons. The summed E-state index contributed by atoms with van der Waals surface area (Å²) in [4.78, 5) is 10.5. The number of benzene rings is 1. The summed E-state index contributed by atoms with van der Waals surface area (Å²) >= 11 is -2.64. The molecule has 0 aliphatic carbocycles. The van der Waals surface area contributed by atoms with Crippen molar-refractivity contribution < 1.29 is 11.3 Å². The first-order valence-electron chi connectivity index (χ1n) is 3.33. The van der Waals surface area contributed by atoms with E-state index in [4.69, 9.17) is 3.07 Å². The summed E-state index contributed by atoms with van der Waals surface area (Å²) in [5.41, 5.74) is 0. The van der Waals surface area contributed by atoms with Crippen LogP contribution in [0.2, 0.25) is 0 Å². The Morgan fingerprint density at radius 1 is 1.42 bits per heavy atom. The molecule has 12 heavy (non-hydrogen) atoms. The van der Waals surface area contributed by atoms with Crippen molar-refractivity contribution in [2.45, 2.75) is 6.92 Å². The summed E-state index contributed by atoms with van der Waals surface area (Å²) in [6.07, 6.45) is 0. The molecule has 0 aliphatic heterocycles. The maximum atomic E-state index is 10.5. The predicted molar refractivity (Wildman–Crippen MR) is 53.1 cm³/mol. The molecule has 0 spiro atoms. The van der Waals surface area contributed by atoms with Crippen LogP contribution < -0.4 is 0 Å². The van der Waals surface area contributed by atoms with Crippen LogP contribution in [0.4, 0.5) is 0 Å². The van der Waals surface area contributed by atoms with E-state index in [1.54, 1.807) is 24.3 Å². The molecule has 0 aromatic heterocycles. The molecular formula is C8H9IO3. The van der Waals surface area contributed by atoms with E-state index in [2.05, 4.69) is 0 Å². The molecule has 0 unspecified atom stereocenters. The van der Waals surface area contributed by atoms with Crippen LogP contribution in [0, 0.1) is 3.57 Å². The van der Waals surface area contributed by atoms with Crippen LogP contribution in [-0.2, 0) is 7.86 Å². The van der Waals surface area contributed by atoms with Crippen molar-refractivity contribution >= 4 is 26.6 Å². The molecule has 1 N–H and O–H groups in total. The molecule has 0 fully saturated rings. The molecular weight excluding hydrogens is 271 g/mol. The normalized spacial score (nSPS) is 10.7. The number of rotatable bonds is 2. The molecule has 0 heterocycles. The molecule has 1 rings (SSSR count). The first-order valence-corrected chi connectivity index (χ1v) is 6.26. The number of hydrogen-bond donors (Lipinski definition) is 1. The van der Waals surface area contributed by atoms with Gasteiger partial charge in [-0.15, -0.1) is 0 Å². The molecule has 1 aromatic rings. The number of carbonyl (C=O) groups is 1. The van der Waals surface area contributed by atoms with Crippen molar-refractivity contribution in [3.63, 3.8) is 0 Å². The van der Waals surface area contributed by atoms with Crippen LogP contribution in [0.15, 0.2) is 30.3 Å². The van der Waals surface area contributed by atoms with E-state index in [1.165, 1.54) is 6.92 Å². The van der Waals surface area contributed by atoms with E-state index in [-0.39, 0.29) is 0 Å². The Balaban J connectivity index is 2.65. The van der Waals surface area contributed by atoms with Gasteiger partial charge in [-0.2, -0.15) is 0 Å². The summed E-state index contributed by atoms with van der Waals surface area (Å²) in [5.74, 6) is -0.424. The van der Waals surface area contributed by atoms with E-state index in [9.17, 15) is 8.23 Å². The Hall–Kier alpha value is -0.620. The minimum atomic E-state index is -2.64. The Morgan fingerprint density at radius 2 is 2.00 bits per heavy atom. The molecule has 0 atom stereocenters. The molecule has 0 saturated heterocycles. The van der Waals surface area contributed by atoms with Gasteiger partial charge in [-0.1, -0.05) is 0 Å². The van der Waals surface area contributed by atoms with Gasteiger partial charge in [-0.3, -0.25) is 0 Å². The summed E-state index contributed by atoms with van der Waals surface area (Å²) in [7, 11) is 0. The van der Waals surface area contributed by atoms with Gasteiger partial charge >= 0.3 is 78.7 Å². The number of carbonyl (C=O) groups excluding carboxylic acids is 1. The topological polar surface area (TPSA) is 46.5 Å². The van der Waals surface area contributed by atoms with E-state index < -0.39 is 26.6 Å². The fourth-order valence-corrected chi connectivity index (χ4v) is 2.54. The molecule has 0 saturated carbocycles. The summed E-state index contributed by atoms with van der Waals surface area (Å²) in [6.45, 7) is 1.30. The fourth-order valence-electron chi connectivity index (χ4n) is 0.670. The van der Waals surface area contributed by atoms with Crippen molar-refractivity contribution in [3.05, 3.63) is 33.9 Å². The molecule has 4 heteroatoms. The van der Waals surface area contributed by atoms with Gasteiger partial charge in [0.25, 0.3) is 0 Å². The van der Waals surface area contributed by atoms with Crippen LogP contribution in [0.5, 0.6) is 0 Å².